The Hall–Kier alpha value is -4.38. The molecule has 0 atom stereocenters. The summed E-state index contributed by atoms with van der Waals surface area (Å²) in [4.78, 5) is 0. The third kappa shape index (κ3) is 4.34. The van der Waals surface area contributed by atoms with Crippen molar-refractivity contribution in [2.75, 3.05) is 0 Å². The van der Waals surface area contributed by atoms with Crippen LogP contribution in [0, 0.1) is 41.0 Å². The lowest BCUT2D eigenvalue weighted by molar-refractivity contribution is -0.00515. The van der Waals surface area contributed by atoms with Gasteiger partial charge >= 0.3 is 0 Å². The van der Waals surface area contributed by atoms with Crippen molar-refractivity contribution in [3.8, 4) is 27.9 Å². The van der Waals surface area contributed by atoms with Crippen molar-refractivity contribution < 1.29 is 17.6 Å². The Balaban J connectivity index is 1.30. The Kier molecular flexibility index (Phi) is 5.88. The summed E-state index contributed by atoms with van der Waals surface area (Å²) >= 11 is 0. The fraction of sp³-hybridized carbons (Fsp3) is 0.250. The first kappa shape index (κ1) is 27.0. The van der Waals surface area contributed by atoms with Gasteiger partial charge in [-0.25, -0.2) is 17.6 Å². The van der Waals surface area contributed by atoms with Crippen LogP contribution in [0.3, 0.4) is 0 Å². The zero-order valence-corrected chi connectivity index (χ0v) is 24.7. The molecule has 4 aliphatic rings. The van der Waals surface area contributed by atoms with Crippen molar-refractivity contribution in [3.63, 3.8) is 0 Å². The lowest BCUT2D eigenvalue weighted by atomic mass is 9.48. The van der Waals surface area contributed by atoms with Crippen LogP contribution in [0.15, 0.2) is 97.1 Å². The fourth-order valence-electron chi connectivity index (χ4n) is 9.64. The van der Waals surface area contributed by atoms with Gasteiger partial charge in [0.05, 0.1) is 11.0 Å². The molecule has 4 fully saturated rings. The average molecular weight is 602 g/mol. The monoisotopic (exact) mass is 601 g/mol. The summed E-state index contributed by atoms with van der Waals surface area (Å²) in [5, 5.41) is 1.82. The molecule has 4 bridgehead atoms. The van der Waals surface area contributed by atoms with Gasteiger partial charge in [0.1, 0.15) is 23.3 Å². The number of hydrogen-bond acceptors (Lipinski definition) is 0. The topological polar surface area (TPSA) is 4.93 Å². The minimum Gasteiger partial charge on any atom is -0.309 e. The second-order valence-electron chi connectivity index (χ2n) is 13.8. The highest BCUT2D eigenvalue weighted by atomic mass is 19.1. The highest BCUT2D eigenvalue weighted by Gasteiger charge is 2.52. The molecule has 1 aromatic heterocycles. The van der Waals surface area contributed by atoms with Gasteiger partial charge in [0.2, 0.25) is 0 Å². The van der Waals surface area contributed by atoms with E-state index in [1.54, 1.807) is 0 Å². The molecule has 1 heterocycles. The van der Waals surface area contributed by atoms with Crippen LogP contribution in [-0.2, 0) is 5.41 Å². The molecule has 5 heteroatoms. The predicted molar refractivity (Wildman–Crippen MR) is 171 cm³/mol. The zero-order chi connectivity index (χ0) is 30.4. The number of halogens is 4. The van der Waals surface area contributed by atoms with Gasteiger partial charge in [-0.3, -0.25) is 0 Å². The maximum Gasteiger partial charge on any atom is 0.126 e. The highest BCUT2D eigenvalue weighted by molar-refractivity contribution is 6.11. The third-order valence-corrected chi connectivity index (χ3v) is 10.9. The summed E-state index contributed by atoms with van der Waals surface area (Å²) in [6.45, 7) is 0. The van der Waals surface area contributed by atoms with Crippen molar-refractivity contribution in [2.45, 2.75) is 43.9 Å². The number of hydrogen-bond donors (Lipinski definition) is 0. The highest BCUT2D eigenvalue weighted by Crippen LogP contribution is 2.61. The second-order valence-corrected chi connectivity index (χ2v) is 13.8. The van der Waals surface area contributed by atoms with Crippen LogP contribution in [0.4, 0.5) is 17.6 Å². The molecule has 10 rings (SSSR count). The molecular formula is C40H31F4N. The number of fused-ring (bicyclic) bond motifs is 3. The summed E-state index contributed by atoms with van der Waals surface area (Å²) in [5.74, 6) is -0.137. The summed E-state index contributed by atoms with van der Waals surface area (Å²) in [7, 11) is 0. The first-order chi connectivity index (χ1) is 21.8. The molecule has 4 saturated carbocycles. The molecule has 4 aliphatic carbocycles. The van der Waals surface area contributed by atoms with Crippen LogP contribution < -0.4 is 0 Å². The standard InChI is InChI=1S/C40H31F4N/c41-30-12-28(13-31(42)18-30)26-5-7-37-34(16-26)35-17-27(29-14-32(43)19-33(44)15-29)6-8-38(35)45(37)39-4-2-1-3-36(39)40-20-23-9-24(21-40)11-25(10-23)22-40/h1-8,12-19,23-25H,9-11,20-22H2. The fourth-order valence-corrected chi connectivity index (χ4v) is 9.64. The molecule has 0 N–H and O–H groups in total. The van der Waals surface area contributed by atoms with E-state index in [1.165, 1.54) is 68.4 Å². The average Bonchev–Trinajstić information content (AvgIpc) is 3.32. The molecule has 0 saturated heterocycles. The number of para-hydroxylation sites is 1. The van der Waals surface area contributed by atoms with Gasteiger partial charge in [-0.2, -0.15) is 0 Å². The molecule has 0 spiro atoms. The molecule has 5 aromatic carbocycles. The van der Waals surface area contributed by atoms with E-state index in [4.69, 9.17) is 0 Å². The van der Waals surface area contributed by atoms with Crippen molar-refractivity contribution >= 4 is 21.8 Å². The summed E-state index contributed by atoms with van der Waals surface area (Å²) in [5.41, 5.74) is 6.96. The largest absolute Gasteiger partial charge is 0.309 e. The van der Waals surface area contributed by atoms with E-state index < -0.39 is 23.3 Å². The first-order valence-electron chi connectivity index (χ1n) is 15.9. The van der Waals surface area contributed by atoms with Gasteiger partial charge in [0.15, 0.2) is 0 Å². The number of rotatable bonds is 4. The molecule has 45 heavy (non-hydrogen) atoms. The van der Waals surface area contributed by atoms with Crippen LogP contribution in [0.2, 0.25) is 0 Å². The van der Waals surface area contributed by atoms with Gasteiger partial charge in [-0.15, -0.1) is 0 Å². The van der Waals surface area contributed by atoms with Crippen molar-refractivity contribution in [2.24, 2.45) is 17.8 Å². The normalized spacial score (nSPS) is 23.8. The Morgan fingerprint density at radius 3 is 1.40 bits per heavy atom. The second kappa shape index (κ2) is 9.81. The Bertz CT molecular complexity index is 1970. The number of nitrogens with zero attached hydrogens (tertiary/aromatic N) is 1. The van der Waals surface area contributed by atoms with Crippen molar-refractivity contribution in [1.29, 1.82) is 0 Å². The van der Waals surface area contributed by atoms with Gasteiger partial charge in [0, 0.05) is 28.6 Å². The zero-order valence-electron chi connectivity index (χ0n) is 24.7. The Labute approximate surface area is 259 Å². The molecule has 224 valence electrons. The lowest BCUT2D eigenvalue weighted by Crippen LogP contribution is -2.48. The maximum absolute atomic E-state index is 14.3. The number of benzene rings is 5. The molecule has 0 aliphatic heterocycles. The van der Waals surface area contributed by atoms with Gasteiger partial charge in [-0.1, -0.05) is 30.3 Å². The molecule has 0 radical (unpaired) electrons. The Morgan fingerprint density at radius 1 is 0.489 bits per heavy atom. The number of aromatic nitrogens is 1. The van der Waals surface area contributed by atoms with E-state index >= 15 is 0 Å². The van der Waals surface area contributed by atoms with E-state index in [9.17, 15) is 17.6 Å². The van der Waals surface area contributed by atoms with E-state index in [1.807, 2.05) is 36.4 Å². The SMILES string of the molecule is Fc1cc(F)cc(-c2ccc3c(c2)c2cc(-c4cc(F)cc(F)c4)ccc2n3-c2ccccc2C23CC4CC(CC(C4)C2)C3)c1. The molecular weight excluding hydrogens is 570 g/mol. The van der Waals surface area contributed by atoms with Crippen molar-refractivity contribution in [3.05, 3.63) is 126 Å². The molecule has 1 nitrogen and oxygen atoms in total. The minimum atomic E-state index is -0.632. The molecule has 0 amide bonds. The minimum absolute atomic E-state index is 0.159. The molecule has 0 unspecified atom stereocenters. The van der Waals surface area contributed by atoms with Crippen LogP contribution >= 0.6 is 0 Å². The quantitative estimate of drug-likeness (QED) is 0.177. The van der Waals surface area contributed by atoms with Gasteiger partial charge in [0.25, 0.3) is 0 Å². The van der Waals surface area contributed by atoms with E-state index in [0.717, 1.165) is 57.4 Å². The summed E-state index contributed by atoms with van der Waals surface area (Å²) < 4.78 is 59.4. The lowest BCUT2D eigenvalue weighted by Gasteiger charge is -2.57. The van der Waals surface area contributed by atoms with Gasteiger partial charge in [-0.05, 0) is 144 Å². The van der Waals surface area contributed by atoms with Crippen LogP contribution in [0.25, 0.3) is 49.7 Å². The van der Waals surface area contributed by atoms with Crippen molar-refractivity contribution in [1.82, 2.24) is 4.57 Å². The third-order valence-electron chi connectivity index (χ3n) is 10.9. The first-order valence-corrected chi connectivity index (χ1v) is 15.9. The van der Waals surface area contributed by atoms with Crippen LogP contribution in [0.1, 0.15) is 44.1 Å². The smallest absolute Gasteiger partial charge is 0.126 e. The predicted octanol–water partition coefficient (Wildman–Crippen LogP) is 11.1. The summed E-state index contributed by atoms with van der Waals surface area (Å²) in [6.07, 6.45) is 7.80. The van der Waals surface area contributed by atoms with E-state index in [2.05, 4.69) is 28.8 Å². The molecule has 6 aromatic rings. The van der Waals surface area contributed by atoms with E-state index in [-0.39, 0.29) is 5.41 Å². The van der Waals surface area contributed by atoms with Crippen LogP contribution in [-0.4, -0.2) is 4.57 Å². The van der Waals surface area contributed by atoms with E-state index in [0.29, 0.717) is 22.3 Å². The van der Waals surface area contributed by atoms with Gasteiger partial charge < -0.3 is 4.57 Å². The maximum atomic E-state index is 14.3. The Morgan fingerprint density at radius 2 is 0.933 bits per heavy atom. The summed E-state index contributed by atoms with van der Waals surface area (Å²) in [6, 6.07) is 27.8. The van der Waals surface area contributed by atoms with Crippen LogP contribution in [0.5, 0.6) is 0 Å².